The fourth-order valence-corrected chi connectivity index (χ4v) is 3.98. The molecular formula is C16H24N2O4S. The van der Waals surface area contributed by atoms with Crippen molar-refractivity contribution in [2.75, 3.05) is 37.9 Å². The molecule has 1 aliphatic heterocycles. The van der Waals surface area contributed by atoms with E-state index in [1.165, 1.54) is 4.31 Å². The summed E-state index contributed by atoms with van der Waals surface area (Å²) in [6.07, 6.45) is 1.42. The van der Waals surface area contributed by atoms with E-state index in [0.717, 1.165) is 5.69 Å². The lowest BCUT2D eigenvalue weighted by molar-refractivity contribution is -0.123. The fourth-order valence-electron chi connectivity index (χ4n) is 2.80. The Kier molecular flexibility index (Phi) is 5.64. The maximum absolute atomic E-state index is 12.7. The second-order valence-corrected chi connectivity index (χ2v) is 7.95. The van der Waals surface area contributed by atoms with Gasteiger partial charge in [-0.3, -0.25) is 4.79 Å². The van der Waals surface area contributed by atoms with Gasteiger partial charge in [-0.15, -0.1) is 0 Å². The van der Waals surface area contributed by atoms with Gasteiger partial charge in [0, 0.05) is 31.9 Å². The molecule has 1 aromatic carbocycles. The summed E-state index contributed by atoms with van der Waals surface area (Å²) in [5.41, 5.74) is 0.741. The van der Waals surface area contributed by atoms with Crippen molar-refractivity contribution in [2.45, 2.75) is 19.8 Å². The number of piperidine rings is 1. The van der Waals surface area contributed by atoms with Gasteiger partial charge in [-0.1, -0.05) is 6.07 Å². The van der Waals surface area contributed by atoms with E-state index in [1.807, 2.05) is 18.2 Å². The molecule has 1 fully saturated rings. The Bertz CT molecular complexity index is 660. The lowest BCUT2D eigenvalue weighted by Gasteiger charge is -2.33. The summed E-state index contributed by atoms with van der Waals surface area (Å²) in [4.78, 5) is 14.3. The van der Waals surface area contributed by atoms with Crippen molar-refractivity contribution in [3.8, 4) is 5.75 Å². The standard InChI is InChI=1S/C16H24N2O4S/c1-4-23(20,21)18-10-6-7-13(12-18)16(19)17(2)14-8-5-9-15(11-14)22-3/h5,8-9,11,13H,4,6-7,10,12H2,1-3H3/t13-/m1/s1. The van der Waals surface area contributed by atoms with E-state index in [2.05, 4.69) is 0 Å². The van der Waals surface area contributed by atoms with Crippen LogP contribution in [0.5, 0.6) is 5.75 Å². The maximum atomic E-state index is 12.7. The molecule has 1 aromatic rings. The molecule has 0 spiro atoms. The Morgan fingerprint density at radius 1 is 1.43 bits per heavy atom. The molecule has 128 valence electrons. The van der Waals surface area contributed by atoms with Crippen molar-refractivity contribution in [3.63, 3.8) is 0 Å². The summed E-state index contributed by atoms with van der Waals surface area (Å²) in [7, 11) is 0.0455. The third-order valence-corrected chi connectivity index (χ3v) is 6.11. The molecule has 0 aliphatic carbocycles. The number of hydrogen-bond acceptors (Lipinski definition) is 4. The number of anilines is 1. The highest BCUT2D eigenvalue weighted by Crippen LogP contribution is 2.25. The smallest absolute Gasteiger partial charge is 0.231 e. The minimum atomic E-state index is -3.25. The van der Waals surface area contributed by atoms with Crippen LogP contribution in [0.4, 0.5) is 5.69 Å². The fraction of sp³-hybridized carbons (Fsp3) is 0.562. The molecule has 0 bridgehead atoms. The molecule has 6 nitrogen and oxygen atoms in total. The first-order chi connectivity index (χ1) is 10.9. The van der Waals surface area contributed by atoms with Crippen molar-refractivity contribution in [3.05, 3.63) is 24.3 Å². The molecular weight excluding hydrogens is 316 g/mol. The van der Waals surface area contributed by atoms with Gasteiger partial charge in [0.2, 0.25) is 15.9 Å². The first-order valence-electron chi connectivity index (χ1n) is 7.78. The predicted molar refractivity (Wildman–Crippen MR) is 90.2 cm³/mol. The minimum Gasteiger partial charge on any atom is -0.497 e. The Hall–Kier alpha value is -1.60. The zero-order valence-electron chi connectivity index (χ0n) is 13.9. The highest BCUT2D eigenvalue weighted by atomic mass is 32.2. The van der Waals surface area contributed by atoms with E-state index >= 15 is 0 Å². The number of carbonyl (C=O) groups excluding carboxylic acids is 1. The maximum Gasteiger partial charge on any atom is 0.231 e. The molecule has 1 heterocycles. The molecule has 1 saturated heterocycles. The van der Waals surface area contributed by atoms with Gasteiger partial charge in [-0.2, -0.15) is 0 Å². The molecule has 23 heavy (non-hydrogen) atoms. The first kappa shape index (κ1) is 17.7. The van der Waals surface area contributed by atoms with E-state index in [-0.39, 0.29) is 24.1 Å². The number of rotatable bonds is 5. The Morgan fingerprint density at radius 3 is 2.83 bits per heavy atom. The Labute approximate surface area is 138 Å². The summed E-state index contributed by atoms with van der Waals surface area (Å²) < 4.78 is 30.7. The van der Waals surface area contributed by atoms with Gasteiger partial charge in [-0.25, -0.2) is 12.7 Å². The van der Waals surface area contributed by atoms with Gasteiger partial charge >= 0.3 is 0 Å². The van der Waals surface area contributed by atoms with E-state index < -0.39 is 10.0 Å². The third-order valence-electron chi connectivity index (χ3n) is 4.26. The SMILES string of the molecule is CCS(=O)(=O)N1CCC[C@@H](C(=O)N(C)c2cccc(OC)c2)C1. The van der Waals surface area contributed by atoms with E-state index in [4.69, 9.17) is 4.74 Å². The molecule has 1 amide bonds. The molecule has 1 aliphatic rings. The average Bonchev–Trinajstić information content (AvgIpc) is 2.60. The number of amides is 1. The Balaban J connectivity index is 2.12. The van der Waals surface area contributed by atoms with E-state index in [9.17, 15) is 13.2 Å². The average molecular weight is 340 g/mol. The van der Waals surface area contributed by atoms with E-state index in [1.54, 1.807) is 32.0 Å². The van der Waals surface area contributed by atoms with Crippen LogP contribution in [0.2, 0.25) is 0 Å². The molecule has 0 N–H and O–H groups in total. The number of carbonyl (C=O) groups is 1. The van der Waals surface area contributed by atoms with Crippen LogP contribution >= 0.6 is 0 Å². The van der Waals surface area contributed by atoms with Crippen LogP contribution in [-0.4, -0.2) is 51.6 Å². The molecule has 0 aromatic heterocycles. The van der Waals surface area contributed by atoms with Crippen LogP contribution in [0.15, 0.2) is 24.3 Å². The molecule has 1 atom stereocenters. The Morgan fingerprint density at radius 2 is 2.17 bits per heavy atom. The summed E-state index contributed by atoms with van der Waals surface area (Å²) in [5.74, 6) is 0.385. The number of hydrogen-bond donors (Lipinski definition) is 0. The van der Waals surface area contributed by atoms with Crippen molar-refractivity contribution in [1.29, 1.82) is 0 Å². The zero-order valence-corrected chi connectivity index (χ0v) is 14.7. The normalized spacial score (nSPS) is 19.3. The molecule has 0 radical (unpaired) electrons. The van der Waals surface area contributed by atoms with Crippen molar-refractivity contribution in [2.24, 2.45) is 5.92 Å². The zero-order chi connectivity index (χ0) is 17.0. The van der Waals surface area contributed by atoms with Gasteiger partial charge < -0.3 is 9.64 Å². The van der Waals surface area contributed by atoms with Crippen LogP contribution in [0, 0.1) is 5.92 Å². The highest BCUT2D eigenvalue weighted by molar-refractivity contribution is 7.89. The van der Waals surface area contributed by atoms with Gasteiger partial charge in [0.05, 0.1) is 18.8 Å². The number of ether oxygens (including phenoxy) is 1. The predicted octanol–water partition coefficient (Wildman–Crippen LogP) is 1.72. The monoisotopic (exact) mass is 340 g/mol. The highest BCUT2D eigenvalue weighted by Gasteiger charge is 2.33. The van der Waals surface area contributed by atoms with Crippen molar-refractivity contribution < 1.29 is 17.9 Å². The second-order valence-electron chi connectivity index (χ2n) is 5.70. The van der Waals surface area contributed by atoms with Gasteiger partial charge in [0.1, 0.15) is 5.75 Å². The lowest BCUT2D eigenvalue weighted by atomic mass is 9.98. The van der Waals surface area contributed by atoms with Crippen LogP contribution in [0.1, 0.15) is 19.8 Å². The molecule has 7 heteroatoms. The van der Waals surface area contributed by atoms with Gasteiger partial charge in [0.15, 0.2) is 0 Å². The number of sulfonamides is 1. The summed E-state index contributed by atoms with van der Waals surface area (Å²) >= 11 is 0. The molecule has 0 unspecified atom stereocenters. The summed E-state index contributed by atoms with van der Waals surface area (Å²) in [6.45, 7) is 2.40. The van der Waals surface area contributed by atoms with Gasteiger partial charge in [-0.05, 0) is 31.9 Å². The first-order valence-corrected chi connectivity index (χ1v) is 9.39. The van der Waals surface area contributed by atoms with E-state index in [0.29, 0.717) is 25.1 Å². The quantitative estimate of drug-likeness (QED) is 0.818. The van der Waals surface area contributed by atoms with Crippen LogP contribution in [0.25, 0.3) is 0 Å². The van der Waals surface area contributed by atoms with Crippen LogP contribution in [-0.2, 0) is 14.8 Å². The third kappa shape index (κ3) is 4.03. The van der Waals surface area contributed by atoms with Crippen molar-refractivity contribution >= 4 is 21.6 Å². The minimum absolute atomic E-state index is 0.0609. The topological polar surface area (TPSA) is 66.9 Å². The summed E-state index contributed by atoms with van der Waals surface area (Å²) in [5, 5.41) is 0. The summed E-state index contributed by atoms with van der Waals surface area (Å²) in [6, 6.07) is 7.27. The molecule has 0 saturated carbocycles. The van der Waals surface area contributed by atoms with Gasteiger partial charge in [0.25, 0.3) is 0 Å². The number of nitrogens with zero attached hydrogens (tertiary/aromatic N) is 2. The van der Waals surface area contributed by atoms with Crippen LogP contribution < -0.4 is 9.64 Å². The number of benzene rings is 1. The molecule has 2 rings (SSSR count). The largest absolute Gasteiger partial charge is 0.497 e. The van der Waals surface area contributed by atoms with Crippen molar-refractivity contribution in [1.82, 2.24) is 4.31 Å². The lowest BCUT2D eigenvalue weighted by Crippen LogP contribution is -2.46. The second kappa shape index (κ2) is 7.31. The number of methoxy groups -OCH3 is 1. The van der Waals surface area contributed by atoms with Crippen LogP contribution in [0.3, 0.4) is 0 Å².